The number of hydrogen-bond donors (Lipinski definition) is 3. The lowest BCUT2D eigenvalue weighted by Gasteiger charge is -2.30. The van der Waals surface area contributed by atoms with Gasteiger partial charge in [-0.2, -0.15) is 0 Å². The molecule has 7 nitrogen and oxygen atoms in total. The number of alkyl halides is 1. The molecule has 1 aliphatic heterocycles. The highest BCUT2D eigenvalue weighted by Crippen LogP contribution is 2.36. The van der Waals surface area contributed by atoms with E-state index < -0.39 is 18.0 Å². The van der Waals surface area contributed by atoms with Crippen LogP contribution in [0.15, 0.2) is 30.3 Å². The van der Waals surface area contributed by atoms with Crippen LogP contribution < -0.4 is 25.0 Å². The number of urea groups is 1. The molecule has 0 unspecified atom stereocenters. The first-order valence-electron chi connectivity index (χ1n) is 11.3. The molecule has 1 heterocycles. The summed E-state index contributed by atoms with van der Waals surface area (Å²) in [5.41, 5.74) is 2.29. The Morgan fingerprint density at radius 3 is 2.41 bits per heavy atom. The van der Waals surface area contributed by atoms with Crippen molar-refractivity contribution in [3.63, 3.8) is 0 Å². The summed E-state index contributed by atoms with van der Waals surface area (Å²) in [5, 5.41) is 14.1. The van der Waals surface area contributed by atoms with Crippen LogP contribution in [0, 0.1) is 11.2 Å². The first-order chi connectivity index (χ1) is 16.3. The van der Waals surface area contributed by atoms with Crippen LogP contribution in [0.2, 0.25) is 0 Å². The molecule has 3 rings (SSSR count). The van der Waals surface area contributed by atoms with Gasteiger partial charge in [0.05, 0.1) is 19.9 Å². The molecule has 2 amide bonds. The van der Waals surface area contributed by atoms with Crippen molar-refractivity contribution >= 4 is 17.4 Å². The molecule has 0 aliphatic carbocycles. The van der Waals surface area contributed by atoms with Gasteiger partial charge >= 0.3 is 6.03 Å². The normalized spacial score (nSPS) is 14.9. The number of anilines is 1. The summed E-state index contributed by atoms with van der Waals surface area (Å²) < 4.78 is 39.5. The second kappa shape index (κ2) is 11.2. The van der Waals surface area contributed by atoms with Gasteiger partial charge in [0.25, 0.3) is 0 Å². The minimum absolute atomic E-state index is 0.0483. The van der Waals surface area contributed by atoms with Crippen LogP contribution in [0.1, 0.15) is 36.5 Å². The molecule has 184 valence electrons. The Kier molecular flexibility index (Phi) is 8.31. The smallest absolute Gasteiger partial charge is 0.314 e. The number of carbonyl (C=O) groups is 1. The number of nitrogens with zero attached hydrogens (tertiary/aromatic N) is 1. The number of rotatable bonds is 8. The van der Waals surface area contributed by atoms with E-state index in [2.05, 4.69) is 15.5 Å². The van der Waals surface area contributed by atoms with E-state index in [1.54, 1.807) is 13.0 Å². The Hall–Kier alpha value is -3.36. The highest BCUT2D eigenvalue weighted by atomic mass is 19.1. The number of piperidine rings is 1. The van der Waals surface area contributed by atoms with E-state index in [-0.39, 0.29) is 35.2 Å². The predicted octanol–water partition coefficient (Wildman–Crippen LogP) is 4.06. The van der Waals surface area contributed by atoms with Gasteiger partial charge in [-0.25, -0.2) is 13.6 Å². The summed E-state index contributed by atoms with van der Waals surface area (Å²) in [7, 11) is 4.27. The molecule has 0 saturated carbocycles. The van der Waals surface area contributed by atoms with Crippen LogP contribution in [0.4, 0.5) is 19.3 Å². The van der Waals surface area contributed by atoms with Gasteiger partial charge in [0.1, 0.15) is 6.17 Å². The average molecular weight is 475 g/mol. The number of hydrogen-bond acceptors (Lipinski definition) is 5. The van der Waals surface area contributed by atoms with Crippen molar-refractivity contribution in [3.8, 4) is 11.5 Å². The highest BCUT2D eigenvalue weighted by molar-refractivity contribution is 6.12. The summed E-state index contributed by atoms with van der Waals surface area (Å²) in [6.45, 7) is 3.06. The average Bonchev–Trinajstić information content (AvgIpc) is 2.85. The van der Waals surface area contributed by atoms with Crippen molar-refractivity contribution in [1.82, 2.24) is 10.6 Å². The first-order valence-corrected chi connectivity index (χ1v) is 11.3. The Bertz CT molecular complexity index is 1020. The zero-order chi connectivity index (χ0) is 24.8. The maximum atomic E-state index is 15.5. The predicted molar refractivity (Wildman–Crippen MR) is 129 cm³/mol. The molecular formula is C25H32F2N4O3. The minimum Gasteiger partial charge on any atom is -0.493 e. The molecule has 2 aromatic carbocycles. The number of methoxy groups -OCH3 is 2. The lowest BCUT2D eigenvalue weighted by atomic mass is 9.92. The Morgan fingerprint density at radius 1 is 1.21 bits per heavy atom. The monoisotopic (exact) mass is 474 g/mol. The quantitative estimate of drug-likeness (QED) is 0.504. The van der Waals surface area contributed by atoms with Crippen molar-refractivity contribution in [1.29, 1.82) is 5.41 Å². The standard InChI is InChI=1S/C25H32F2N4O3/c1-15(30-25(32)29-2)13-19-20(14-21(33-3)24(34-4)22(19)27)23(28)16-5-7-18(8-6-16)31-11-9-17(26)10-12-31/h5-8,14-15,17,28H,9-13H2,1-4H3,(H2,29,30,32)/t15-/m1/s1. The molecular weight excluding hydrogens is 442 g/mol. The molecule has 1 atom stereocenters. The van der Waals surface area contributed by atoms with Gasteiger partial charge in [0, 0.05) is 48.6 Å². The van der Waals surface area contributed by atoms with Crippen LogP contribution in [-0.2, 0) is 6.42 Å². The summed E-state index contributed by atoms with van der Waals surface area (Å²) >= 11 is 0. The topological polar surface area (TPSA) is 86.7 Å². The highest BCUT2D eigenvalue weighted by Gasteiger charge is 2.25. The summed E-state index contributed by atoms with van der Waals surface area (Å²) in [4.78, 5) is 13.8. The lowest BCUT2D eigenvalue weighted by molar-refractivity contribution is 0.239. The molecule has 34 heavy (non-hydrogen) atoms. The number of amides is 2. The van der Waals surface area contributed by atoms with E-state index >= 15 is 4.39 Å². The van der Waals surface area contributed by atoms with Crippen molar-refractivity contribution in [2.24, 2.45) is 0 Å². The minimum atomic E-state index is -0.748. The maximum absolute atomic E-state index is 15.5. The van der Waals surface area contributed by atoms with E-state index in [9.17, 15) is 9.18 Å². The molecule has 1 aliphatic rings. The fraction of sp³-hybridized carbons (Fsp3) is 0.440. The number of ether oxygens (including phenoxy) is 2. The zero-order valence-electron chi connectivity index (χ0n) is 20.0. The largest absolute Gasteiger partial charge is 0.493 e. The van der Waals surface area contributed by atoms with Crippen molar-refractivity contribution < 1.29 is 23.0 Å². The van der Waals surface area contributed by atoms with Crippen LogP contribution in [-0.4, -0.2) is 58.3 Å². The second-order valence-corrected chi connectivity index (χ2v) is 8.36. The molecule has 0 aromatic heterocycles. The molecule has 3 N–H and O–H groups in total. The third kappa shape index (κ3) is 5.58. The van der Waals surface area contributed by atoms with Crippen molar-refractivity contribution in [2.45, 2.75) is 38.4 Å². The summed E-state index contributed by atoms with van der Waals surface area (Å²) in [6.07, 6.45) is 0.415. The summed E-state index contributed by atoms with van der Waals surface area (Å²) in [5.74, 6) is -0.494. The van der Waals surface area contributed by atoms with Crippen LogP contribution in [0.3, 0.4) is 0 Å². The molecule has 9 heteroatoms. The molecule has 1 saturated heterocycles. The molecule has 0 bridgehead atoms. The van der Waals surface area contributed by atoms with Crippen molar-refractivity contribution in [3.05, 3.63) is 52.8 Å². The third-order valence-electron chi connectivity index (χ3n) is 6.04. The number of benzene rings is 2. The van der Waals surface area contributed by atoms with Gasteiger partial charge in [-0.3, -0.25) is 5.41 Å². The van der Waals surface area contributed by atoms with E-state index in [1.807, 2.05) is 24.3 Å². The lowest BCUT2D eigenvalue weighted by Crippen LogP contribution is -2.40. The fourth-order valence-corrected chi connectivity index (χ4v) is 4.17. The SMILES string of the molecule is CNC(=O)N[C@H](C)Cc1c(C(=N)c2ccc(N3CCC(F)CC3)cc2)cc(OC)c(OC)c1F. The van der Waals surface area contributed by atoms with Gasteiger partial charge in [0.2, 0.25) is 0 Å². The zero-order valence-corrected chi connectivity index (χ0v) is 20.0. The van der Waals surface area contributed by atoms with Crippen LogP contribution >= 0.6 is 0 Å². The Morgan fingerprint density at radius 2 is 1.85 bits per heavy atom. The molecule has 1 fully saturated rings. The first kappa shape index (κ1) is 25.3. The molecule has 0 spiro atoms. The number of halogens is 2. The van der Waals surface area contributed by atoms with Gasteiger partial charge in [-0.15, -0.1) is 0 Å². The van der Waals surface area contributed by atoms with E-state index in [4.69, 9.17) is 14.9 Å². The van der Waals surface area contributed by atoms with Gasteiger partial charge in [-0.1, -0.05) is 12.1 Å². The van der Waals surface area contributed by atoms with Crippen LogP contribution in [0.25, 0.3) is 0 Å². The molecule has 2 aromatic rings. The van der Waals surface area contributed by atoms with E-state index in [0.29, 0.717) is 37.1 Å². The van der Waals surface area contributed by atoms with Gasteiger partial charge in [0.15, 0.2) is 17.3 Å². The Balaban J connectivity index is 1.94. The van der Waals surface area contributed by atoms with E-state index in [0.717, 1.165) is 5.69 Å². The van der Waals surface area contributed by atoms with Gasteiger partial charge in [-0.05, 0) is 44.4 Å². The fourth-order valence-electron chi connectivity index (χ4n) is 4.17. The van der Waals surface area contributed by atoms with E-state index in [1.165, 1.54) is 21.3 Å². The third-order valence-corrected chi connectivity index (χ3v) is 6.04. The second-order valence-electron chi connectivity index (χ2n) is 8.36. The van der Waals surface area contributed by atoms with Gasteiger partial charge < -0.3 is 25.0 Å². The Labute approximate surface area is 198 Å². The number of carbonyl (C=O) groups excluding carboxylic acids is 1. The summed E-state index contributed by atoms with van der Waals surface area (Å²) in [6, 6.07) is 8.22. The van der Waals surface area contributed by atoms with Crippen molar-refractivity contribution in [2.75, 3.05) is 39.3 Å². The maximum Gasteiger partial charge on any atom is 0.314 e. The van der Waals surface area contributed by atoms with Crippen LogP contribution in [0.5, 0.6) is 11.5 Å². The molecule has 0 radical (unpaired) electrons. The number of nitrogens with one attached hydrogen (secondary N) is 3.